The van der Waals surface area contributed by atoms with Crippen molar-refractivity contribution in [3.63, 3.8) is 0 Å². The number of methoxy groups -OCH3 is 1. The summed E-state index contributed by atoms with van der Waals surface area (Å²) in [5.41, 5.74) is 1.61. The first-order valence-corrected chi connectivity index (χ1v) is 7.36. The molecule has 0 saturated carbocycles. The van der Waals surface area contributed by atoms with Crippen molar-refractivity contribution in [2.75, 3.05) is 26.8 Å². The van der Waals surface area contributed by atoms with Crippen molar-refractivity contribution < 1.29 is 9.47 Å². The van der Waals surface area contributed by atoms with Crippen LogP contribution in [0.2, 0.25) is 0 Å². The number of nitrogens with one attached hydrogen (secondary N) is 1. The first-order chi connectivity index (χ1) is 10.3. The largest absolute Gasteiger partial charge is 0.493 e. The smallest absolute Gasteiger partial charge is 0.161 e. The zero-order chi connectivity index (χ0) is 14.5. The second kappa shape index (κ2) is 6.19. The van der Waals surface area contributed by atoms with Crippen molar-refractivity contribution in [1.82, 2.24) is 5.32 Å². The molecule has 1 aliphatic heterocycles. The van der Waals surface area contributed by atoms with E-state index in [0.717, 1.165) is 31.0 Å². The van der Waals surface area contributed by atoms with Crippen LogP contribution < -0.4 is 14.8 Å². The molecule has 0 aliphatic carbocycles. The molecular weight excluding hydrogens is 262 g/mol. The SMILES string of the molecule is COc1ccccc1OCCC1(c2ccccc2)CNC1. The minimum absolute atomic E-state index is 0.212. The second-order valence-electron chi connectivity index (χ2n) is 5.50. The fourth-order valence-corrected chi connectivity index (χ4v) is 2.84. The van der Waals surface area contributed by atoms with Crippen molar-refractivity contribution in [2.45, 2.75) is 11.8 Å². The van der Waals surface area contributed by atoms with Gasteiger partial charge in [-0.05, 0) is 24.1 Å². The molecule has 0 aromatic heterocycles. The Balaban J connectivity index is 1.64. The average molecular weight is 283 g/mol. The fraction of sp³-hybridized carbons (Fsp3) is 0.333. The van der Waals surface area contributed by atoms with Crippen molar-refractivity contribution in [3.05, 3.63) is 60.2 Å². The lowest BCUT2D eigenvalue weighted by Crippen LogP contribution is -2.57. The molecule has 1 saturated heterocycles. The van der Waals surface area contributed by atoms with Crippen LogP contribution in [0.3, 0.4) is 0 Å². The van der Waals surface area contributed by atoms with Gasteiger partial charge < -0.3 is 14.8 Å². The predicted molar refractivity (Wildman–Crippen MR) is 84.1 cm³/mol. The summed E-state index contributed by atoms with van der Waals surface area (Å²) in [6, 6.07) is 18.5. The molecule has 110 valence electrons. The summed E-state index contributed by atoms with van der Waals surface area (Å²) in [5.74, 6) is 1.61. The zero-order valence-corrected chi connectivity index (χ0v) is 12.3. The summed E-state index contributed by atoms with van der Waals surface area (Å²) in [7, 11) is 1.67. The van der Waals surface area contributed by atoms with E-state index in [4.69, 9.17) is 9.47 Å². The third-order valence-electron chi connectivity index (χ3n) is 4.22. The Kier molecular flexibility index (Phi) is 4.11. The lowest BCUT2D eigenvalue weighted by atomic mass is 9.73. The van der Waals surface area contributed by atoms with Gasteiger partial charge in [0.05, 0.1) is 13.7 Å². The topological polar surface area (TPSA) is 30.5 Å². The van der Waals surface area contributed by atoms with Crippen LogP contribution in [-0.2, 0) is 5.41 Å². The molecule has 1 N–H and O–H groups in total. The Morgan fingerprint density at radius 2 is 1.62 bits per heavy atom. The molecule has 0 atom stereocenters. The number of hydrogen-bond donors (Lipinski definition) is 1. The number of ether oxygens (including phenoxy) is 2. The first-order valence-electron chi connectivity index (χ1n) is 7.36. The number of para-hydroxylation sites is 2. The Hall–Kier alpha value is -2.00. The highest BCUT2D eigenvalue weighted by molar-refractivity contribution is 5.39. The summed E-state index contributed by atoms with van der Waals surface area (Å²) in [6.07, 6.45) is 1.00. The maximum atomic E-state index is 5.93. The van der Waals surface area contributed by atoms with E-state index in [-0.39, 0.29) is 5.41 Å². The van der Waals surface area contributed by atoms with E-state index in [9.17, 15) is 0 Å². The van der Waals surface area contributed by atoms with Crippen LogP contribution in [0, 0.1) is 0 Å². The molecule has 2 aromatic carbocycles. The van der Waals surface area contributed by atoms with E-state index in [1.165, 1.54) is 5.56 Å². The van der Waals surface area contributed by atoms with Gasteiger partial charge in [0, 0.05) is 18.5 Å². The minimum Gasteiger partial charge on any atom is -0.493 e. The highest BCUT2D eigenvalue weighted by atomic mass is 16.5. The van der Waals surface area contributed by atoms with Crippen LogP contribution in [0.4, 0.5) is 0 Å². The molecule has 1 heterocycles. The van der Waals surface area contributed by atoms with Gasteiger partial charge >= 0.3 is 0 Å². The molecule has 3 heteroatoms. The van der Waals surface area contributed by atoms with Gasteiger partial charge in [-0.3, -0.25) is 0 Å². The average Bonchev–Trinajstić information content (AvgIpc) is 2.51. The third-order valence-corrected chi connectivity index (χ3v) is 4.22. The minimum atomic E-state index is 0.212. The molecule has 0 spiro atoms. The monoisotopic (exact) mass is 283 g/mol. The Labute approximate surface area is 125 Å². The summed E-state index contributed by atoms with van der Waals surface area (Å²) in [6.45, 7) is 2.73. The third kappa shape index (κ3) is 2.88. The maximum Gasteiger partial charge on any atom is 0.161 e. The molecule has 3 rings (SSSR count). The van der Waals surface area contributed by atoms with E-state index in [1.807, 2.05) is 24.3 Å². The van der Waals surface area contributed by atoms with Gasteiger partial charge in [0.2, 0.25) is 0 Å². The molecule has 0 radical (unpaired) electrons. The summed E-state index contributed by atoms with van der Waals surface area (Å²) < 4.78 is 11.2. The summed E-state index contributed by atoms with van der Waals surface area (Å²) in [5, 5.41) is 3.39. The van der Waals surface area contributed by atoms with Gasteiger partial charge in [-0.15, -0.1) is 0 Å². The van der Waals surface area contributed by atoms with Crippen molar-refractivity contribution in [3.8, 4) is 11.5 Å². The molecule has 1 aliphatic rings. The summed E-state index contributed by atoms with van der Waals surface area (Å²) in [4.78, 5) is 0. The maximum absolute atomic E-state index is 5.93. The second-order valence-corrected chi connectivity index (χ2v) is 5.50. The van der Waals surface area contributed by atoms with Gasteiger partial charge in [-0.25, -0.2) is 0 Å². The van der Waals surface area contributed by atoms with E-state index >= 15 is 0 Å². The molecule has 21 heavy (non-hydrogen) atoms. The molecule has 2 aromatic rings. The van der Waals surface area contributed by atoms with E-state index < -0.39 is 0 Å². The van der Waals surface area contributed by atoms with Crippen molar-refractivity contribution in [2.24, 2.45) is 0 Å². The highest BCUT2D eigenvalue weighted by Crippen LogP contribution is 2.33. The standard InChI is InChI=1S/C18H21NO2/c1-20-16-9-5-6-10-17(16)21-12-11-18(13-19-14-18)15-7-3-2-4-8-15/h2-10,19H,11-14H2,1H3. The van der Waals surface area contributed by atoms with E-state index in [2.05, 4.69) is 35.6 Å². The Morgan fingerprint density at radius 3 is 2.24 bits per heavy atom. The Bertz CT molecular complexity index is 579. The van der Waals surface area contributed by atoms with E-state index in [1.54, 1.807) is 7.11 Å². The van der Waals surface area contributed by atoms with Gasteiger partial charge in [0.25, 0.3) is 0 Å². The molecular formula is C18H21NO2. The molecule has 3 nitrogen and oxygen atoms in total. The number of rotatable bonds is 6. The van der Waals surface area contributed by atoms with Crippen molar-refractivity contribution >= 4 is 0 Å². The number of hydrogen-bond acceptors (Lipinski definition) is 3. The van der Waals surface area contributed by atoms with E-state index in [0.29, 0.717) is 6.61 Å². The molecule has 0 unspecified atom stereocenters. The van der Waals surface area contributed by atoms with Gasteiger partial charge in [-0.1, -0.05) is 42.5 Å². The van der Waals surface area contributed by atoms with Gasteiger partial charge in [-0.2, -0.15) is 0 Å². The predicted octanol–water partition coefficient (Wildman–Crippen LogP) is 3.01. The normalized spacial score (nSPS) is 16.0. The molecule has 0 bridgehead atoms. The van der Waals surface area contributed by atoms with Crippen LogP contribution in [0.15, 0.2) is 54.6 Å². The lowest BCUT2D eigenvalue weighted by molar-refractivity contribution is 0.195. The van der Waals surface area contributed by atoms with Crippen LogP contribution in [-0.4, -0.2) is 26.8 Å². The quantitative estimate of drug-likeness (QED) is 0.884. The Morgan fingerprint density at radius 1 is 0.952 bits per heavy atom. The zero-order valence-electron chi connectivity index (χ0n) is 12.3. The van der Waals surface area contributed by atoms with Gasteiger partial charge in [0.1, 0.15) is 0 Å². The van der Waals surface area contributed by atoms with Gasteiger partial charge in [0.15, 0.2) is 11.5 Å². The van der Waals surface area contributed by atoms with Crippen LogP contribution >= 0.6 is 0 Å². The molecule has 1 fully saturated rings. The molecule has 0 amide bonds. The van der Waals surface area contributed by atoms with Crippen LogP contribution in [0.1, 0.15) is 12.0 Å². The van der Waals surface area contributed by atoms with Crippen LogP contribution in [0.25, 0.3) is 0 Å². The highest BCUT2D eigenvalue weighted by Gasteiger charge is 2.38. The number of benzene rings is 2. The first kappa shape index (κ1) is 14.0. The van der Waals surface area contributed by atoms with Crippen LogP contribution in [0.5, 0.6) is 11.5 Å². The fourth-order valence-electron chi connectivity index (χ4n) is 2.84. The lowest BCUT2D eigenvalue weighted by Gasteiger charge is -2.43. The van der Waals surface area contributed by atoms with Crippen molar-refractivity contribution in [1.29, 1.82) is 0 Å². The summed E-state index contributed by atoms with van der Waals surface area (Å²) >= 11 is 0.